The molecule has 1 aromatic rings. The summed E-state index contributed by atoms with van der Waals surface area (Å²) in [7, 11) is 0. The second-order valence-corrected chi connectivity index (χ2v) is 6.40. The third kappa shape index (κ3) is 4.16. The van der Waals surface area contributed by atoms with Crippen LogP contribution in [0, 0.1) is 19.3 Å². The van der Waals surface area contributed by atoms with Crippen LogP contribution in [0.4, 0.5) is 0 Å². The molecule has 0 fully saturated rings. The first kappa shape index (κ1) is 14.2. The summed E-state index contributed by atoms with van der Waals surface area (Å²) in [6.45, 7) is 15.7. The van der Waals surface area contributed by atoms with Crippen LogP contribution in [0.25, 0.3) is 0 Å². The van der Waals surface area contributed by atoms with Gasteiger partial charge in [-0.05, 0) is 38.7 Å². The van der Waals surface area contributed by atoms with Gasteiger partial charge in [-0.2, -0.15) is 0 Å². The van der Waals surface area contributed by atoms with E-state index in [1.165, 1.54) is 16.7 Å². The summed E-state index contributed by atoms with van der Waals surface area (Å²) >= 11 is 0. The molecule has 0 saturated heterocycles. The van der Waals surface area contributed by atoms with Gasteiger partial charge in [0.25, 0.3) is 0 Å². The fraction of sp³-hybridized carbons (Fsp3) is 0.625. The number of benzene rings is 1. The van der Waals surface area contributed by atoms with Gasteiger partial charge in [0.05, 0.1) is 0 Å². The molecule has 1 heteroatoms. The van der Waals surface area contributed by atoms with E-state index in [9.17, 15) is 0 Å². The summed E-state index contributed by atoms with van der Waals surface area (Å²) in [4.78, 5) is 0. The van der Waals surface area contributed by atoms with Gasteiger partial charge in [-0.25, -0.2) is 0 Å². The average molecular weight is 233 g/mol. The van der Waals surface area contributed by atoms with Crippen molar-refractivity contribution < 1.29 is 0 Å². The van der Waals surface area contributed by atoms with Crippen molar-refractivity contribution in [1.29, 1.82) is 0 Å². The molecule has 0 aromatic heterocycles. The standard InChI is InChI=1S/C16H27N/c1-11-8-12(2)10-15(9-11)13(3)17-14(4)16(5,6)7/h8-10,13-14,17H,1-7H3. The van der Waals surface area contributed by atoms with Crippen molar-refractivity contribution in [2.75, 3.05) is 0 Å². The fourth-order valence-corrected chi connectivity index (χ4v) is 1.98. The molecule has 0 saturated carbocycles. The highest BCUT2D eigenvalue weighted by Crippen LogP contribution is 2.23. The van der Waals surface area contributed by atoms with Gasteiger partial charge in [0.1, 0.15) is 0 Å². The highest BCUT2D eigenvalue weighted by molar-refractivity contribution is 5.30. The van der Waals surface area contributed by atoms with Crippen LogP contribution in [0.15, 0.2) is 18.2 Å². The van der Waals surface area contributed by atoms with Gasteiger partial charge in [0, 0.05) is 12.1 Å². The minimum atomic E-state index is 0.299. The normalized spacial score (nSPS) is 15.7. The highest BCUT2D eigenvalue weighted by atomic mass is 15.0. The summed E-state index contributed by atoms with van der Waals surface area (Å²) in [5, 5.41) is 3.69. The second kappa shape index (κ2) is 5.22. The minimum absolute atomic E-state index is 0.299. The molecule has 17 heavy (non-hydrogen) atoms. The van der Waals surface area contributed by atoms with Crippen LogP contribution in [-0.4, -0.2) is 6.04 Å². The lowest BCUT2D eigenvalue weighted by Crippen LogP contribution is -2.39. The van der Waals surface area contributed by atoms with Crippen LogP contribution in [0.1, 0.15) is 57.4 Å². The number of aryl methyl sites for hydroxylation is 2. The number of hydrogen-bond acceptors (Lipinski definition) is 1. The zero-order chi connectivity index (χ0) is 13.2. The molecule has 0 aliphatic carbocycles. The largest absolute Gasteiger partial charge is 0.307 e. The zero-order valence-electron chi connectivity index (χ0n) is 12.4. The highest BCUT2D eigenvalue weighted by Gasteiger charge is 2.21. The first-order valence-electron chi connectivity index (χ1n) is 6.54. The van der Waals surface area contributed by atoms with Crippen LogP contribution < -0.4 is 5.32 Å². The molecule has 96 valence electrons. The van der Waals surface area contributed by atoms with Gasteiger partial charge in [-0.15, -0.1) is 0 Å². The van der Waals surface area contributed by atoms with Crippen LogP contribution in [0.5, 0.6) is 0 Å². The zero-order valence-corrected chi connectivity index (χ0v) is 12.4. The molecule has 1 aromatic carbocycles. The van der Waals surface area contributed by atoms with Gasteiger partial charge in [0.15, 0.2) is 0 Å². The van der Waals surface area contributed by atoms with E-state index in [0.717, 1.165) is 0 Å². The van der Waals surface area contributed by atoms with Gasteiger partial charge in [-0.3, -0.25) is 0 Å². The Morgan fingerprint density at radius 3 is 1.82 bits per heavy atom. The minimum Gasteiger partial charge on any atom is -0.307 e. The summed E-state index contributed by atoms with van der Waals surface area (Å²) in [5.74, 6) is 0. The smallest absolute Gasteiger partial charge is 0.0294 e. The first-order valence-corrected chi connectivity index (χ1v) is 6.54. The Hall–Kier alpha value is -0.820. The first-order chi connectivity index (χ1) is 7.70. The van der Waals surface area contributed by atoms with E-state index in [4.69, 9.17) is 0 Å². The number of nitrogens with one attached hydrogen (secondary N) is 1. The molecule has 1 N–H and O–H groups in total. The van der Waals surface area contributed by atoms with Crippen molar-refractivity contribution in [2.24, 2.45) is 5.41 Å². The average Bonchev–Trinajstić information content (AvgIpc) is 2.14. The van der Waals surface area contributed by atoms with Gasteiger partial charge in [-0.1, -0.05) is 50.1 Å². The Kier molecular flexibility index (Phi) is 4.37. The lowest BCUT2D eigenvalue weighted by Gasteiger charge is -2.31. The van der Waals surface area contributed by atoms with Crippen LogP contribution in [-0.2, 0) is 0 Å². The van der Waals surface area contributed by atoms with E-state index in [2.05, 4.69) is 72.0 Å². The lowest BCUT2D eigenvalue weighted by molar-refractivity contribution is 0.268. The van der Waals surface area contributed by atoms with E-state index in [1.54, 1.807) is 0 Å². The molecule has 0 bridgehead atoms. The van der Waals surface area contributed by atoms with Crippen molar-refractivity contribution >= 4 is 0 Å². The topological polar surface area (TPSA) is 12.0 Å². The summed E-state index contributed by atoms with van der Waals surface area (Å²) < 4.78 is 0. The van der Waals surface area contributed by atoms with Crippen LogP contribution in [0.3, 0.4) is 0 Å². The monoisotopic (exact) mass is 233 g/mol. The van der Waals surface area contributed by atoms with Crippen LogP contribution in [0.2, 0.25) is 0 Å². The molecule has 0 aliphatic rings. The maximum Gasteiger partial charge on any atom is 0.0294 e. The van der Waals surface area contributed by atoms with Crippen molar-refractivity contribution in [3.8, 4) is 0 Å². The third-order valence-electron chi connectivity index (χ3n) is 3.54. The predicted molar refractivity (Wildman–Crippen MR) is 76.4 cm³/mol. The van der Waals surface area contributed by atoms with Crippen molar-refractivity contribution in [2.45, 2.75) is 60.5 Å². The molecule has 2 unspecified atom stereocenters. The van der Waals surface area contributed by atoms with E-state index in [0.29, 0.717) is 17.5 Å². The van der Waals surface area contributed by atoms with Crippen molar-refractivity contribution in [3.05, 3.63) is 34.9 Å². The Morgan fingerprint density at radius 1 is 0.941 bits per heavy atom. The Bertz CT molecular complexity index is 353. The Morgan fingerprint density at radius 2 is 1.41 bits per heavy atom. The summed E-state index contributed by atoms with van der Waals surface area (Å²) in [6.07, 6.45) is 0. The molecule has 2 atom stereocenters. The fourth-order valence-electron chi connectivity index (χ4n) is 1.98. The van der Waals surface area contributed by atoms with E-state index < -0.39 is 0 Å². The molecule has 0 amide bonds. The predicted octanol–water partition coefficient (Wildman–Crippen LogP) is 4.39. The Labute approximate surface area is 107 Å². The molecule has 1 nitrogen and oxygen atoms in total. The summed E-state index contributed by atoms with van der Waals surface area (Å²) in [6, 6.07) is 7.69. The van der Waals surface area contributed by atoms with E-state index in [1.807, 2.05) is 0 Å². The quantitative estimate of drug-likeness (QED) is 0.816. The Balaban J connectivity index is 2.79. The molecular formula is C16H27N. The van der Waals surface area contributed by atoms with Crippen LogP contribution >= 0.6 is 0 Å². The maximum absolute atomic E-state index is 3.69. The SMILES string of the molecule is Cc1cc(C)cc(C(C)NC(C)C(C)(C)C)c1. The molecular weight excluding hydrogens is 206 g/mol. The van der Waals surface area contributed by atoms with Gasteiger partial charge in [0.2, 0.25) is 0 Å². The number of hydrogen-bond donors (Lipinski definition) is 1. The summed E-state index contributed by atoms with van der Waals surface area (Å²) in [5.41, 5.74) is 4.38. The molecule has 0 radical (unpaired) electrons. The van der Waals surface area contributed by atoms with Gasteiger partial charge >= 0.3 is 0 Å². The third-order valence-corrected chi connectivity index (χ3v) is 3.54. The molecule has 1 rings (SSSR count). The molecule has 0 heterocycles. The van der Waals surface area contributed by atoms with Gasteiger partial charge < -0.3 is 5.32 Å². The number of rotatable bonds is 3. The maximum atomic E-state index is 3.69. The van der Waals surface area contributed by atoms with Crippen molar-refractivity contribution in [3.63, 3.8) is 0 Å². The molecule has 0 spiro atoms. The van der Waals surface area contributed by atoms with Crippen molar-refractivity contribution in [1.82, 2.24) is 5.32 Å². The lowest BCUT2D eigenvalue weighted by atomic mass is 9.87. The molecule has 0 aliphatic heterocycles. The van der Waals surface area contributed by atoms with E-state index >= 15 is 0 Å². The second-order valence-electron chi connectivity index (χ2n) is 6.40. The van der Waals surface area contributed by atoms with E-state index in [-0.39, 0.29) is 0 Å².